The average molecular weight is 474 g/mol. The van der Waals surface area contributed by atoms with Crippen LogP contribution in [0.5, 0.6) is 0 Å². The third kappa shape index (κ3) is 4.71. The van der Waals surface area contributed by atoms with Crippen molar-refractivity contribution in [1.29, 1.82) is 0 Å². The van der Waals surface area contributed by atoms with E-state index in [9.17, 15) is 14.7 Å². The van der Waals surface area contributed by atoms with Gasteiger partial charge in [0, 0.05) is 36.3 Å². The van der Waals surface area contributed by atoms with E-state index in [-0.39, 0.29) is 18.1 Å². The molecular weight excluding hydrogens is 442 g/mol. The second-order valence-corrected chi connectivity index (χ2v) is 9.78. The maximum atomic E-state index is 13.0. The quantitative estimate of drug-likeness (QED) is 0.593. The largest absolute Gasteiger partial charge is 0.387 e. The SMILES string of the molecule is O=C(NCc1ccccn1)N1CCC(O)(Cn2cnc(-c3ccccc3)cc2=O)C2(CCCC2)C1. The van der Waals surface area contributed by atoms with Crippen LogP contribution in [-0.2, 0) is 13.1 Å². The van der Waals surface area contributed by atoms with Crippen LogP contribution >= 0.6 is 0 Å². The van der Waals surface area contributed by atoms with Crippen LogP contribution in [0, 0.1) is 5.41 Å². The number of hydrogen-bond acceptors (Lipinski definition) is 5. The number of benzene rings is 1. The van der Waals surface area contributed by atoms with Gasteiger partial charge in [-0.1, -0.05) is 49.2 Å². The Balaban J connectivity index is 1.31. The van der Waals surface area contributed by atoms with Gasteiger partial charge in [-0.05, 0) is 31.4 Å². The number of nitrogens with zero attached hydrogens (tertiary/aromatic N) is 4. The molecule has 3 aromatic rings. The smallest absolute Gasteiger partial charge is 0.317 e. The molecule has 2 aromatic heterocycles. The number of rotatable bonds is 5. The van der Waals surface area contributed by atoms with Gasteiger partial charge >= 0.3 is 6.03 Å². The molecule has 2 aliphatic rings. The van der Waals surface area contributed by atoms with Crippen LogP contribution in [0.3, 0.4) is 0 Å². The Labute approximate surface area is 204 Å². The number of aliphatic hydroxyl groups is 1. The minimum atomic E-state index is -1.08. The van der Waals surface area contributed by atoms with Gasteiger partial charge in [0.2, 0.25) is 0 Å². The maximum absolute atomic E-state index is 13.0. The van der Waals surface area contributed by atoms with Crippen molar-refractivity contribution >= 4 is 6.03 Å². The van der Waals surface area contributed by atoms with E-state index in [1.165, 1.54) is 17.0 Å². The molecule has 8 nitrogen and oxygen atoms in total. The number of nitrogens with one attached hydrogen (secondary N) is 1. The minimum Gasteiger partial charge on any atom is -0.387 e. The van der Waals surface area contributed by atoms with Crippen molar-refractivity contribution in [2.75, 3.05) is 13.1 Å². The molecule has 2 fully saturated rings. The van der Waals surface area contributed by atoms with Crippen LogP contribution in [0.1, 0.15) is 37.8 Å². The molecule has 1 unspecified atom stereocenters. The summed E-state index contributed by atoms with van der Waals surface area (Å²) in [6, 6.07) is 16.6. The lowest BCUT2D eigenvalue weighted by molar-refractivity contribution is -0.135. The highest BCUT2D eigenvalue weighted by Gasteiger charge is 2.55. The number of hydrogen-bond donors (Lipinski definition) is 2. The van der Waals surface area contributed by atoms with Crippen LogP contribution < -0.4 is 10.9 Å². The fourth-order valence-electron chi connectivity index (χ4n) is 5.65. The van der Waals surface area contributed by atoms with Gasteiger partial charge in [0.05, 0.1) is 36.4 Å². The molecule has 0 radical (unpaired) electrons. The number of amides is 2. The van der Waals surface area contributed by atoms with Crippen LogP contribution in [-0.4, -0.2) is 49.3 Å². The number of likely N-dealkylation sites (tertiary alicyclic amines) is 1. The monoisotopic (exact) mass is 473 g/mol. The predicted molar refractivity (Wildman–Crippen MR) is 132 cm³/mol. The Kier molecular flexibility index (Phi) is 6.38. The molecule has 1 saturated heterocycles. The Hall–Kier alpha value is -3.52. The molecule has 0 bridgehead atoms. The van der Waals surface area contributed by atoms with Crippen molar-refractivity contribution in [2.24, 2.45) is 5.41 Å². The number of aromatic nitrogens is 3. The first-order chi connectivity index (χ1) is 17.0. The van der Waals surface area contributed by atoms with Crippen molar-refractivity contribution in [3.05, 3.63) is 83.2 Å². The molecule has 1 aliphatic carbocycles. The van der Waals surface area contributed by atoms with Crippen LogP contribution in [0.2, 0.25) is 0 Å². The highest BCUT2D eigenvalue weighted by atomic mass is 16.3. The lowest BCUT2D eigenvalue weighted by Crippen LogP contribution is -2.63. The summed E-state index contributed by atoms with van der Waals surface area (Å²) in [6.45, 7) is 1.44. The zero-order chi connectivity index (χ0) is 24.3. The van der Waals surface area contributed by atoms with Gasteiger partial charge in [-0.3, -0.25) is 14.3 Å². The molecule has 1 atom stereocenters. The van der Waals surface area contributed by atoms with Gasteiger partial charge in [0.15, 0.2) is 0 Å². The number of pyridine rings is 1. The molecule has 1 aliphatic heterocycles. The molecule has 35 heavy (non-hydrogen) atoms. The van der Waals surface area contributed by atoms with Gasteiger partial charge in [0.25, 0.3) is 5.56 Å². The maximum Gasteiger partial charge on any atom is 0.317 e. The van der Waals surface area contributed by atoms with Gasteiger partial charge in [-0.2, -0.15) is 0 Å². The third-order valence-electron chi connectivity index (χ3n) is 7.65. The van der Waals surface area contributed by atoms with E-state index in [1.54, 1.807) is 6.20 Å². The summed E-state index contributed by atoms with van der Waals surface area (Å²) >= 11 is 0. The molecule has 8 heteroatoms. The van der Waals surface area contributed by atoms with E-state index >= 15 is 0 Å². The molecule has 1 spiro atoms. The molecular formula is C27H31N5O3. The zero-order valence-corrected chi connectivity index (χ0v) is 19.8. The summed E-state index contributed by atoms with van der Waals surface area (Å²) in [6.07, 6.45) is 7.33. The highest BCUT2D eigenvalue weighted by Crippen LogP contribution is 2.51. The van der Waals surface area contributed by atoms with E-state index < -0.39 is 11.0 Å². The Morgan fingerprint density at radius 3 is 2.51 bits per heavy atom. The lowest BCUT2D eigenvalue weighted by Gasteiger charge is -2.52. The van der Waals surface area contributed by atoms with Crippen LogP contribution in [0.15, 0.2) is 71.9 Å². The van der Waals surface area contributed by atoms with E-state index in [1.807, 2.05) is 53.4 Å². The van der Waals surface area contributed by atoms with Crippen LogP contribution in [0.4, 0.5) is 4.79 Å². The number of carbonyl (C=O) groups excluding carboxylic acids is 1. The number of urea groups is 1. The first kappa shape index (κ1) is 23.2. The fraction of sp³-hybridized carbons (Fsp3) is 0.407. The molecule has 2 N–H and O–H groups in total. The summed E-state index contributed by atoms with van der Waals surface area (Å²) < 4.78 is 1.52. The number of piperidine rings is 1. The third-order valence-corrected chi connectivity index (χ3v) is 7.65. The molecule has 5 rings (SSSR count). The van der Waals surface area contributed by atoms with E-state index in [0.29, 0.717) is 31.7 Å². The van der Waals surface area contributed by atoms with E-state index in [2.05, 4.69) is 15.3 Å². The van der Waals surface area contributed by atoms with Crippen molar-refractivity contribution in [1.82, 2.24) is 24.8 Å². The summed E-state index contributed by atoms with van der Waals surface area (Å²) in [7, 11) is 0. The summed E-state index contributed by atoms with van der Waals surface area (Å²) in [4.78, 5) is 36.5. The Morgan fingerprint density at radius 2 is 1.80 bits per heavy atom. The van der Waals surface area contributed by atoms with Gasteiger partial charge < -0.3 is 15.3 Å². The normalized spacial score (nSPS) is 21.2. The summed E-state index contributed by atoms with van der Waals surface area (Å²) in [5.74, 6) is 0. The first-order valence-corrected chi connectivity index (χ1v) is 12.3. The Morgan fingerprint density at radius 1 is 1.03 bits per heavy atom. The minimum absolute atomic E-state index is 0.143. The fourth-order valence-corrected chi connectivity index (χ4v) is 5.65. The predicted octanol–water partition coefficient (Wildman–Crippen LogP) is 3.21. The Bertz CT molecular complexity index is 1220. The van der Waals surface area contributed by atoms with E-state index in [0.717, 1.165) is 36.9 Å². The van der Waals surface area contributed by atoms with Crippen molar-refractivity contribution in [3.8, 4) is 11.3 Å². The molecule has 182 valence electrons. The van der Waals surface area contributed by atoms with Crippen molar-refractivity contribution in [3.63, 3.8) is 0 Å². The summed E-state index contributed by atoms with van der Waals surface area (Å²) in [5, 5.41) is 14.9. The second kappa shape index (κ2) is 9.62. The van der Waals surface area contributed by atoms with Gasteiger partial charge in [-0.15, -0.1) is 0 Å². The van der Waals surface area contributed by atoms with Gasteiger partial charge in [-0.25, -0.2) is 9.78 Å². The standard InChI is InChI=1S/C27H31N5O3/c33-24-16-23(21-8-2-1-3-9-21)30-20-32(24)19-27(35)13-15-31(18-26(27)11-5-6-12-26)25(34)29-17-22-10-4-7-14-28-22/h1-4,7-10,14,16,20,35H,5-6,11-13,15,17-19H2,(H,29,34). The van der Waals surface area contributed by atoms with Crippen molar-refractivity contribution < 1.29 is 9.90 Å². The lowest BCUT2D eigenvalue weighted by atomic mass is 9.66. The summed E-state index contributed by atoms with van der Waals surface area (Å²) in [5.41, 5.74) is 0.597. The first-order valence-electron chi connectivity index (χ1n) is 12.3. The molecule has 1 aromatic carbocycles. The molecule has 2 amide bonds. The van der Waals surface area contributed by atoms with Gasteiger partial charge in [0.1, 0.15) is 0 Å². The molecule has 3 heterocycles. The zero-order valence-electron chi connectivity index (χ0n) is 19.8. The average Bonchev–Trinajstić information content (AvgIpc) is 3.37. The van der Waals surface area contributed by atoms with E-state index in [4.69, 9.17) is 0 Å². The second-order valence-electron chi connectivity index (χ2n) is 9.78. The molecule has 1 saturated carbocycles. The van der Waals surface area contributed by atoms with Crippen LogP contribution in [0.25, 0.3) is 11.3 Å². The number of carbonyl (C=O) groups is 1. The highest BCUT2D eigenvalue weighted by molar-refractivity contribution is 5.74. The van der Waals surface area contributed by atoms with Crippen molar-refractivity contribution in [2.45, 2.75) is 50.8 Å². The topological polar surface area (TPSA) is 100 Å².